The Bertz CT molecular complexity index is 1240. The Labute approximate surface area is 275 Å². The van der Waals surface area contributed by atoms with Crippen LogP contribution in [0.25, 0.3) is 0 Å². The van der Waals surface area contributed by atoms with Gasteiger partial charge in [0.2, 0.25) is 5.91 Å². The molecule has 0 bridgehead atoms. The zero-order chi connectivity index (χ0) is 33.3. The molecule has 3 N–H and O–H groups in total. The van der Waals surface area contributed by atoms with E-state index >= 15 is 0 Å². The zero-order valence-electron chi connectivity index (χ0n) is 28.6. The van der Waals surface area contributed by atoms with Gasteiger partial charge in [0.1, 0.15) is 18.1 Å². The Morgan fingerprint density at radius 2 is 1.91 bits per heavy atom. The monoisotopic (exact) mass is 641 g/mol. The second-order valence-electron chi connectivity index (χ2n) is 13.1. The normalized spacial score (nSPS) is 22.4. The summed E-state index contributed by atoms with van der Waals surface area (Å²) in [7, 11) is 4.96. The number of benzene rings is 2. The molecular weight excluding hydrogens is 586 g/mol. The minimum atomic E-state index is -1.11. The summed E-state index contributed by atoms with van der Waals surface area (Å²) in [5, 5.41) is 11.2. The van der Waals surface area contributed by atoms with E-state index in [0.29, 0.717) is 39.2 Å². The van der Waals surface area contributed by atoms with Gasteiger partial charge >= 0.3 is 0 Å². The van der Waals surface area contributed by atoms with Gasteiger partial charge in [-0.25, -0.2) is 0 Å². The number of ether oxygens (including phenoxy) is 5. The summed E-state index contributed by atoms with van der Waals surface area (Å²) in [6.07, 6.45) is 2.41. The molecule has 2 aliphatic rings. The molecule has 0 aromatic heterocycles. The molecule has 2 aliphatic heterocycles. The summed E-state index contributed by atoms with van der Waals surface area (Å²) in [6, 6.07) is 13.4. The first-order valence-corrected chi connectivity index (χ1v) is 16.6. The number of amides is 1. The molecular formula is C36H55N3O7. The van der Waals surface area contributed by atoms with Gasteiger partial charge in [0.25, 0.3) is 0 Å². The molecule has 46 heavy (non-hydrogen) atoms. The van der Waals surface area contributed by atoms with Gasteiger partial charge in [0.05, 0.1) is 50.3 Å². The van der Waals surface area contributed by atoms with E-state index in [1.807, 2.05) is 36.9 Å². The molecule has 1 fully saturated rings. The van der Waals surface area contributed by atoms with Crippen LogP contribution in [0.2, 0.25) is 0 Å². The quantitative estimate of drug-likeness (QED) is 0.258. The number of carbonyl (C=O) groups is 1. The Morgan fingerprint density at radius 3 is 2.59 bits per heavy atom. The first kappa shape index (κ1) is 36.0. The van der Waals surface area contributed by atoms with Crippen molar-refractivity contribution >= 4 is 11.6 Å². The third-order valence-electron chi connectivity index (χ3n) is 9.52. The molecule has 0 saturated carbocycles. The van der Waals surface area contributed by atoms with E-state index in [4.69, 9.17) is 29.4 Å². The van der Waals surface area contributed by atoms with Crippen LogP contribution in [-0.4, -0.2) is 100 Å². The number of carbonyl (C=O) groups excluding carboxylic acids is 1. The van der Waals surface area contributed by atoms with E-state index in [2.05, 4.69) is 29.2 Å². The maximum absolute atomic E-state index is 14.0. The second kappa shape index (κ2) is 16.8. The third-order valence-corrected chi connectivity index (χ3v) is 9.52. The molecule has 0 unspecified atom stereocenters. The summed E-state index contributed by atoms with van der Waals surface area (Å²) >= 11 is 0. The van der Waals surface area contributed by atoms with Crippen molar-refractivity contribution in [1.29, 1.82) is 0 Å². The number of piperidine rings is 1. The van der Waals surface area contributed by atoms with E-state index in [1.165, 1.54) is 0 Å². The van der Waals surface area contributed by atoms with Crippen molar-refractivity contribution in [2.24, 2.45) is 11.7 Å². The first-order valence-electron chi connectivity index (χ1n) is 16.6. The van der Waals surface area contributed by atoms with Crippen molar-refractivity contribution < 1.29 is 33.6 Å². The van der Waals surface area contributed by atoms with Gasteiger partial charge in [-0.2, -0.15) is 0 Å². The lowest BCUT2D eigenvalue weighted by molar-refractivity contribution is -0.146. The topological polar surface area (TPSA) is 116 Å². The zero-order valence-corrected chi connectivity index (χ0v) is 28.6. The van der Waals surface area contributed by atoms with Gasteiger partial charge < -0.3 is 44.3 Å². The third kappa shape index (κ3) is 9.13. The fourth-order valence-corrected chi connectivity index (χ4v) is 6.69. The fourth-order valence-electron chi connectivity index (χ4n) is 6.69. The highest BCUT2D eigenvalue weighted by molar-refractivity contribution is 5.82. The first-order chi connectivity index (χ1) is 22.1. The predicted molar refractivity (Wildman–Crippen MR) is 180 cm³/mol. The predicted octanol–water partition coefficient (Wildman–Crippen LogP) is 4.36. The smallest absolute Gasteiger partial charge is 0.240 e. The molecule has 0 aliphatic carbocycles. The van der Waals surface area contributed by atoms with Gasteiger partial charge in [-0.15, -0.1) is 0 Å². The van der Waals surface area contributed by atoms with Gasteiger partial charge in [-0.1, -0.05) is 38.5 Å². The highest BCUT2D eigenvalue weighted by Gasteiger charge is 2.43. The van der Waals surface area contributed by atoms with Crippen LogP contribution in [0.3, 0.4) is 0 Å². The van der Waals surface area contributed by atoms with Crippen molar-refractivity contribution in [1.82, 2.24) is 4.90 Å². The number of fused-ring (bicyclic) bond motifs is 1. The molecule has 4 rings (SSSR count). The fraction of sp³-hybridized carbons (Fsp3) is 0.639. The van der Waals surface area contributed by atoms with Crippen molar-refractivity contribution in [2.45, 2.75) is 82.8 Å². The van der Waals surface area contributed by atoms with Gasteiger partial charge in [-0.3, -0.25) is 4.79 Å². The average molecular weight is 642 g/mol. The van der Waals surface area contributed by atoms with Gasteiger partial charge in [0, 0.05) is 45.9 Å². The Kier molecular flexibility index (Phi) is 13.1. The van der Waals surface area contributed by atoms with E-state index < -0.39 is 11.6 Å². The van der Waals surface area contributed by atoms with Crippen LogP contribution in [0.15, 0.2) is 42.5 Å². The Hall–Kier alpha value is -2.89. The number of likely N-dealkylation sites (tertiary alicyclic amines) is 1. The highest BCUT2D eigenvalue weighted by atomic mass is 16.5. The lowest BCUT2D eigenvalue weighted by Gasteiger charge is -2.47. The number of anilines is 1. The van der Waals surface area contributed by atoms with Crippen LogP contribution in [0.4, 0.5) is 5.69 Å². The minimum absolute atomic E-state index is 0.0235. The lowest BCUT2D eigenvalue weighted by Crippen LogP contribution is -2.59. The molecule has 10 nitrogen and oxygen atoms in total. The number of methoxy groups -OCH3 is 3. The van der Waals surface area contributed by atoms with Crippen LogP contribution >= 0.6 is 0 Å². The molecule has 2 aromatic rings. The van der Waals surface area contributed by atoms with Crippen LogP contribution in [0.1, 0.15) is 63.5 Å². The maximum atomic E-state index is 14.0. The van der Waals surface area contributed by atoms with Crippen molar-refractivity contribution in [3.63, 3.8) is 0 Å². The van der Waals surface area contributed by atoms with Crippen molar-refractivity contribution in [3.8, 4) is 11.5 Å². The average Bonchev–Trinajstić information content (AvgIpc) is 3.06. The molecule has 1 saturated heterocycles. The van der Waals surface area contributed by atoms with E-state index in [9.17, 15) is 9.90 Å². The van der Waals surface area contributed by atoms with E-state index in [-0.39, 0.29) is 36.5 Å². The summed E-state index contributed by atoms with van der Waals surface area (Å²) in [6.45, 7) is 9.80. The van der Waals surface area contributed by atoms with E-state index in [1.54, 1.807) is 28.3 Å². The van der Waals surface area contributed by atoms with Crippen LogP contribution in [-0.2, 0) is 25.6 Å². The molecule has 2 heterocycles. The van der Waals surface area contributed by atoms with E-state index in [0.717, 1.165) is 54.2 Å². The number of hydrogen-bond donors (Lipinski definition) is 2. The summed E-state index contributed by atoms with van der Waals surface area (Å²) in [4.78, 5) is 18.2. The molecule has 10 heteroatoms. The molecule has 6 atom stereocenters. The Balaban J connectivity index is 1.63. The SMILES string of the molecule is CC[C@H](C)[C@H](N)C(=O)N1C[C@H](OCc2ccc3c(c2)N(CCCOC)CCO3)[C@@H](c2ccc(OC)cc2)C[C@@H]1C[C@@](C)(O)COC. The van der Waals surface area contributed by atoms with Gasteiger partial charge in [0.15, 0.2) is 0 Å². The van der Waals surface area contributed by atoms with Crippen LogP contribution < -0.4 is 20.1 Å². The minimum Gasteiger partial charge on any atom is -0.497 e. The van der Waals surface area contributed by atoms with Crippen molar-refractivity contribution in [2.75, 3.05) is 65.7 Å². The summed E-state index contributed by atoms with van der Waals surface area (Å²) in [5.41, 5.74) is 8.63. The van der Waals surface area contributed by atoms with Crippen LogP contribution in [0, 0.1) is 5.92 Å². The molecule has 0 spiro atoms. The number of nitrogens with zero attached hydrogens (tertiary/aromatic N) is 2. The largest absolute Gasteiger partial charge is 0.497 e. The van der Waals surface area contributed by atoms with Crippen LogP contribution in [0.5, 0.6) is 11.5 Å². The standard InChI is InChI=1S/C36H55N3O7/c1-7-25(2)34(37)35(40)39-22-33(46-23-26-9-14-32-31(19-26)38(16-18-45-32)15-8-17-42-4)30(27-10-12-29(44-6)13-11-27)20-28(39)21-36(3,41)24-43-5/h9-14,19,25,28,30,33-34,41H,7-8,15-18,20-24,37H2,1-6H3/t25-,28+,30+,33-,34-,36+/m0/s1. The molecule has 0 radical (unpaired) electrons. The van der Waals surface area contributed by atoms with Crippen molar-refractivity contribution in [3.05, 3.63) is 53.6 Å². The number of aliphatic hydroxyl groups is 1. The summed E-state index contributed by atoms with van der Waals surface area (Å²) < 4.78 is 28.7. The summed E-state index contributed by atoms with van der Waals surface area (Å²) in [5.74, 6) is 1.55. The lowest BCUT2D eigenvalue weighted by atomic mass is 9.79. The highest BCUT2D eigenvalue weighted by Crippen LogP contribution is 2.39. The molecule has 256 valence electrons. The second-order valence-corrected chi connectivity index (χ2v) is 13.1. The number of rotatable bonds is 16. The number of nitrogens with two attached hydrogens (primary N) is 1. The number of hydrogen-bond acceptors (Lipinski definition) is 9. The molecule has 1 amide bonds. The molecule has 2 aromatic carbocycles. The Morgan fingerprint density at radius 1 is 1.15 bits per heavy atom. The maximum Gasteiger partial charge on any atom is 0.240 e. The van der Waals surface area contributed by atoms with Gasteiger partial charge in [-0.05, 0) is 67.5 Å².